The summed E-state index contributed by atoms with van der Waals surface area (Å²) in [6, 6.07) is 0.617. The lowest BCUT2D eigenvalue weighted by Crippen LogP contribution is -2.39. The van der Waals surface area contributed by atoms with Crippen molar-refractivity contribution in [3.63, 3.8) is 0 Å². The summed E-state index contributed by atoms with van der Waals surface area (Å²) in [5.74, 6) is 3.13. The van der Waals surface area contributed by atoms with Gasteiger partial charge in [0.25, 0.3) is 0 Å². The average molecular weight is 153 g/mol. The van der Waals surface area contributed by atoms with E-state index in [0.29, 0.717) is 6.04 Å². The Balaban J connectivity index is 2.09. The average Bonchev–Trinajstić information content (AvgIpc) is 2.05. The molecule has 2 unspecified atom stereocenters. The summed E-state index contributed by atoms with van der Waals surface area (Å²) in [6.07, 6.45) is 8.83. The zero-order chi connectivity index (χ0) is 6.81. The van der Waals surface area contributed by atoms with Crippen molar-refractivity contribution in [2.45, 2.75) is 6.04 Å². The molecule has 0 amide bonds. The van der Waals surface area contributed by atoms with Crippen molar-refractivity contribution in [1.29, 1.82) is 0 Å². The zero-order valence-corrected chi connectivity index (χ0v) is 6.60. The highest BCUT2D eigenvalue weighted by Crippen LogP contribution is 2.22. The molecule has 0 aromatic carbocycles. The molecule has 1 aliphatic heterocycles. The molecule has 54 valence electrons. The summed E-state index contributed by atoms with van der Waals surface area (Å²) in [6.45, 7) is 0. The van der Waals surface area contributed by atoms with Crippen molar-refractivity contribution in [2.24, 2.45) is 5.92 Å². The number of hydrogen-bond acceptors (Lipinski definition) is 2. The number of hydrogen-bond donors (Lipinski definition) is 1. The van der Waals surface area contributed by atoms with E-state index < -0.39 is 0 Å². The van der Waals surface area contributed by atoms with Crippen LogP contribution >= 0.6 is 11.8 Å². The highest BCUT2D eigenvalue weighted by Gasteiger charge is 2.21. The number of rotatable bonds is 0. The minimum Gasteiger partial charge on any atom is -0.301 e. The molecule has 2 atom stereocenters. The molecule has 2 rings (SSSR count). The van der Waals surface area contributed by atoms with Crippen LogP contribution in [0, 0.1) is 5.92 Å². The Morgan fingerprint density at radius 2 is 2.20 bits per heavy atom. The third-order valence-electron chi connectivity index (χ3n) is 1.98. The number of nitrogens with one attached hydrogen (secondary N) is 1. The Kier molecular flexibility index (Phi) is 1.82. The number of allylic oxidation sites excluding steroid dienone is 2. The van der Waals surface area contributed by atoms with E-state index in [9.17, 15) is 0 Å². The Morgan fingerprint density at radius 1 is 1.30 bits per heavy atom. The van der Waals surface area contributed by atoms with Gasteiger partial charge in [-0.3, -0.25) is 0 Å². The molecule has 0 spiro atoms. The van der Waals surface area contributed by atoms with Crippen LogP contribution in [0.4, 0.5) is 0 Å². The lowest BCUT2D eigenvalue weighted by molar-refractivity contribution is 0.522. The minimum atomic E-state index is 0.617. The van der Waals surface area contributed by atoms with Gasteiger partial charge < -0.3 is 5.32 Å². The van der Waals surface area contributed by atoms with Gasteiger partial charge in [-0.15, -0.1) is 11.8 Å². The van der Waals surface area contributed by atoms with Gasteiger partial charge in [0.1, 0.15) is 0 Å². The van der Waals surface area contributed by atoms with Crippen LogP contribution < -0.4 is 5.32 Å². The molecule has 1 nitrogen and oxygen atoms in total. The second-order valence-corrected chi connectivity index (χ2v) is 3.71. The van der Waals surface area contributed by atoms with Crippen molar-refractivity contribution in [2.75, 3.05) is 11.6 Å². The quantitative estimate of drug-likeness (QED) is 0.564. The third-order valence-corrected chi connectivity index (χ3v) is 2.97. The predicted octanol–water partition coefficient (Wildman–Crippen LogP) is 1.39. The normalized spacial score (nSPS) is 37.6. The summed E-state index contributed by atoms with van der Waals surface area (Å²) in [7, 11) is 0. The molecule has 0 bridgehead atoms. The Hall–Kier alpha value is -0.210. The molecule has 0 saturated carbocycles. The van der Waals surface area contributed by atoms with E-state index in [2.05, 4.69) is 29.6 Å². The summed E-state index contributed by atoms with van der Waals surface area (Å²) in [5, 5.41) is 3.45. The Labute approximate surface area is 65.6 Å². The van der Waals surface area contributed by atoms with Gasteiger partial charge >= 0.3 is 0 Å². The van der Waals surface area contributed by atoms with Gasteiger partial charge in [0, 0.05) is 23.6 Å². The first-order valence-electron chi connectivity index (χ1n) is 3.63. The molecule has 0 aromatic heterocycles. The smallest absolute Gasteiger partial charge is 0.0422 e. The van der Waals surface area contributed by atoms with Crippen molar-refractivity contribution in [1.82, 2.24) is 5.32 Å². The fraction of sp³-hybridized carbons (Fsp3) is 0.500. The fourth-order valence-corrected chi connectivity index (χ4v) is 2.40. The molecule has 1 heterocycles. The summed E-state index contributed by atoms with van der Waals surface area (Å²) >= 11 is 1.98. The Bertz CT molecular complexity index is 154. The van der Waals surface area contributed by atoms with Crippen molar-refractivity contribution >= 4 is 11.8 Å². The van der Waals surface area contributed by atoms with E-state index in [1.807, 2.05) is 11.8 Å². The maximum atomic E-state index is 3.45. The van der Waals surface area contributed by atoms with E-state index in [0.717, 1.165) is 11.8 Å². The lowest BCUT2D eigenvalue weighted by atomic mass is 9.97. The highest BCUT2D eigenvalue weighted by molar-refractivity contribution is 7.99. The van der Waals surface area contributed by atoms with E-state index in [1.54, 1.807) is 0 Å². The number of fused-ring (bicyclic) bond motifs is 1. The molecule has 2 aliphatic rings. The third kappa shape index (κ3) is 1.13. The molecule has 10 heavy (non-hydrogen) atoms. The van der Waals surface area contributed by atoms with Crippen LogP contribution in [0.3, 0.4) is 0 Å². The molecule has 1 N–H and O–H groups in total. The minimum absolute atomic E-state index is 0.617. The summed E-state index contributed by atoms with van der Waals surface area (Å²) in [5.41, 5.74) is 0. The van der Waals surface area contributed by atoms with Crippen LogP contribution in [0.2, 0.25) is 0 Å². The standard InChI is InChI=1S/C8H11NS/c1-2-4-8-7(3-1)5-10-6-9-8/h1-4,7-9H,5-6H2. The second-order valence-electron chi connectivity index (χ2n) is 2.68. The highest BCUT2D eigenvalue weighted by atomic mass is 32.2. The summed E-state index contributed by atoms with van der Waals surface area (Å²) in [4.78, 5) is 0. The summed E-state index contributed by atoms with van der Waals surface area (Å²) < 4.78 is 0. The van der Waals surface area contributed by atoms with Crippen LogP contribution in [-0.2, 0) is 0 Å². The van der Waals surface area contributed by atoms with E-state index in [1.165, 1.54) is 5.75 Å². The first-order valence-corrected chi connectivity index (χ1v) is 4.78. The zero-order valence-electron chi connectivity index (χ0n) is 5.79. The van der Waals surface area contributed by atoms with E-state index in [-0.39, 0.29) is 0 Å². The van der Waals surface area contributed by atoms with Gasteiger partial charge in [0.05, 0.1) is 0 Å². The van der Waals surface area contributed by atoms with Gasteiger partial charge in [-0.25, -0.2) is 0 Å². The maximum absolute atomic E-state index is 3.45. The molecular formula is C8H11NS. The molecule has 1 aliphatic carbocycles. The topological polar surface area (TPSA) is 12.0 Å². The van der Waals surface area contributed by atoms with Crippen molar-refractivity contribution < 1.29 is 0 Å². The monoisotopic (exact) mass is 153 g/mol. The van der Waals surface area contributed by atoms with Crippen LogP contribution in [0.25, 0.3) is 0 Å². The molecule has 0 radical (unpaired) electrons. The fourth-order valence-electron chi connectivity index (χ4n) is 1.38. The molecule has 2 heteroatoms. The first kappa shape index (κ1) is 6.50. The van der Waals surface area contributed by atoms with E-state index >= 15 is 0 Å². The molecule has 0 aromatic rings. The van der Waals surface area contributed by atoms with Crippen LogP contribution in [0.1, 0.15) is 0 Å². The largest absolute Gasteiger partial charge is 0.301 e. The van der Waals surface area contributed by atoms with Crippen molar-refractivity contribution in [3.8, 4) is 0 Å². The van der Waals surface area contributed by atoms with Crippen LogP contribution in [0.5, 0.6) is 0 Å². The lowest BCUT2D eigenvalue weighted by Gasteiger charge is -2.29. The molecule has 1 fully saturated rings. The van der Waals surface area contributed by atoms with Gasteiger partial charge in [-0.1, -0.05) is 24.3 Å². The SMILES string of the molecule is C1=CC2CSCNC2C=C1. The number of thioether (sulfide) groups is 1. The molecular weight excluding hydrogens is 142 g/mol. The van der Waals surface area contributed by atoms with Gasteiger partial charge in [-0.2, -0.15) is 0 Å². The second kappa shape index (κ2) is 2.81. The molecule has 1 saturated heterocycles. The van der Waals surface area contributed by atoms with Gasteiger partial charge in [0.2, 0.25) is 0 Å². The first-order chi connectivity index (χ1) is 4.97. The Morgan fingerprint density at radius 3 is 3.10 bits per heavy atom. The predicted molar refractivity (Wildman–Crippen MR) is 46.0 cm³/mol. The van der Waals surface area contributed by atoms with Gasteiger partial charge in [-0.05, 0) is 0 Å². The van der Waals surface area contributed by atoms with Crippen LogP contribution in [0.15, 0.2) is 24.3 Å². The van der Waals surface area contributed by atoms with E-state index in [4.69, 9.17) is 0 Å². The van der Waals surface area contributed by atoms with Crippen molar-refractivity contribution in [3.05, 3.63) is 24.3 Å². The van der Waals surface area contributed by atoms with Gasteiger partial charge in [0.15, 0.2) is 0 Å². The maximum Gasteiger partial charge on any atom is 0.0422 e. The van der Waals surface area contributed by atoms with Crippen LogP contribution in [-0.4, -0.2) is 17.7 Å².